The maximum absolute atomic E-state index is 12.7. The normalized spacial score (nSPS) is 36.0. The summed E-state index contributed by atoms with van der Waals surface area (Å²) < 4.78 is 0. The third kappa shape index (κ3) is 2.61. The van der Waals surface area contributed by atoms with Crippen molar-refractivity contribution in [1.29, 1.82) is 0 Å². The number of hydrogen-bond acceptors (Lipinski definition) is 4. The number of fused-ring (bicyclic) bond motifs is 5. The lowest BCUT2D eigenvalue weighted by atomic mass is 9.81. The van der Waals surface area contributed by atoms with Crippen molar-refractivity contribution >= 4 is 55.3 Å². The van der Waals surface area contributed by atoms with Gasteiger partial charge in [0.25, 0.3) is 0 Å². The molecule has 1 aromatic carbocycles. The maximum atomic E-state index is 12.7. The molecule has 1 heterocycles. The topological polar surface area (TPSA) is 86.7 Å². The van der Waals surface area contributed by atoms with Crippen molar-refractivity contribution in [2.24, 2.45) is 23.7 Å². The van der Waals surface area contributed by atoms with Gasteiger partial charge < -0.3 is 10.4 Å². The summed E-state index contributed by atoms with van der Waals surface area (Å²) >= 11 is 7.27. The predicted molar refractivity (Wildman–Crippen MR) is 97.5 cm³/mol. The molecule has 2 bridgehead atoms. The summed E-state index contributed by atoms with van der Waals surface area (Å²) in [5, 5.41) is 12.0. The fraction of sp³-hybridized carbons (Fsp3) is 0.471. The number of carbonyl (C=O) groups is 3. The van der Waals surface area contributed by atoms with E-state index in [1.165, 1.54) is 12.1 Å². The Morgan fingerprint density at radius 2 is 1.76 bits per heavy atom. The zero-order valence-corrected chi connectivity index (χ0v) is 16.2. The summed E-state index contributed by atoms with van der Waals surface area (Å²) in [5.41, 5.74) is 0.422. The van der Waals surface area contributed by atoms with Gasteiger partial charge in [-0.15, -0.1) is 0 Å². The van der Waals surface area contributed by atoms with Crippen LogP contribution in [0.15, 0.2) is 24.3 Å². The first kappa shape index (κ1) is 17.0. The van der Waals surface area contributed by atoms with Gasteiger partial charge in [0.05, 0.1) is 11.8 Å². The van der Waals surface area contributed by atoms with Gasteiger partial charge in [-0.05, 0) is 30.4 Å². The number of alkyl halides is 2. The van der Waals surface area contributed by atoms with Crippen molar-refractivity contribution in [3.63, 3.8) is 0 Å². The van der Waals surface area contributed by atoms with Gasteiger partial charge in [-0.3, -0.25) is 19.3 Å². The molecule has 1 aromatic rings. The van der Waals surface area contributed by atoms with Crippen molar-refractivity contribution in [2.75, 3.05) is 11.9 Å². The molecule has 3 amide bonds. The highest BCUT2D eigenvalue weighted by Crippen LogP contribution is 2.60. The molecule has 0 aromatic heterocycles. The van der Waals surface area contributed by atoms with E-state index in [0.717, 1.165) is 11.3 Å². The van der Waals surface area contributed by atoms with Crippen molar-refractivity contribution in [2.45, 2.75) is 16.1 Å². The molecule has 6 nitrogen and oxygen atoms in total. The lowest BCUT2D eigenvalue weighted by Gasteiger charge is -2.28. The Labute approximate surface area is 161 Å². The highest BCUT2D eigenvalue weighted by molar-refractivity contribution is 9.12. The first-order chi connectivity index (χ1) is 11.9. The second-order valence-corrected chi connectivity index (χ2v) is 8.98. The number of aromatic hydroxyl groups is 1. The number of phenolic OH excluding ortho intramolecular Hbond substituents is 1. The number of likely N-dealkylation sites (tertiary alicyclic amines) is 1. The van der Waals surface area contributed by atoms with Gasteiger partial charge in [-0.2, -0.15) is 0 Å². The van der Waals surface area contributed by atoms with Crippen molar-refractivity contribution in [3.05, 3.63) is 24.3 Å². The third-order valence-corrected chi connectivity index (χ3v) is 8.72. The van der Waals surface area contributed by atoms with E-state index in [1.807, 2.05) is 0 Å². The predicted octanol–water partition coefficient (Wildman–Crippen LogP) is 2.11. The zero-order valence-electron chi connectivity index (χ0n) is 13.1. The number of nitrogens with one attached hydrogen (secondary N) is 1. The number of halogens is 2. The van der Waals surface area contributed by atoms with Crippen molar-refractivity contribution in [1.82, 2.24) is 4.90 Å². The second kappa shape index (κ2) is 6.09. The van der Waals surface area contributed by atoms with E-state index in [-0.39, 0.29) is 57.4 Å². The Hall–Kier alpha value is -1.41. The Bertz CT molecular complexity index is 739. The zero-order chi connectivity index (χ0) is 17.9. The highest BCUT2D eigenvalue weighted by atomic mass is 79.9. The number of phenols is 1. The van der Waals surface area contributed by atoms with Crippen LogP contribution < -0.4 is 5.32 Å². The summed E-state index contributed by atoms with van der Waals surface area (Å²) in [5.74, 6) is -1.26. The minimum absolute atomic E-state index is 0.0314. The minimum atomic E-state index is -0.453. The molecule has 2 saturated carbocycles. The van der Waals surface area contributed by atoms with Crippen LogP contribution in [0.25, 0.3) is 0 Å². The summed E-state index contributed by atoms with van der Waals surface area (Å²) in [7, 11) is 0. The van der Waals surface area contributed by atoms with Gasteiger partial charge in [0.15, 0.2) is 0 Å². The average Bonchev–Trinajstić information content (AvgIpc) is 3.15. The Kier molecular flexibility index (Phi) is 4.15. The van der Waals surface area contributed by atoms with E-state index in [1.54, 1.807) is 12.1 Å². The van der Waals surface area contributed by atoms with E-state index >= 15 is 0 Å². The lowest BCUT2D eigenvalue weighted by molar-refractivity contribution is -0.143. The Morgan fingerprint density at radius 1 is 1.16 bits per heavy atom. The van der Waals surface area contributed by atoms with Crippen molar-refractivity contribution in [3.8, 4) is 5.75 Å². The number of hydrogen-bond donors (Lipinski definition) is 2. The van der Waals surface area contributed by atoms with E-state index in [0.29, 0.717) is 5.69 Å². The summed E-state index contributed by atoms with van der Waals surface area (Å²) in [6, 6.07) is 6.13. The first-order valence-corrected chi connectivity index (χ1v) is 9.94. The molecule has 0 unspecified atom stereocenters. The Balaban J connectivity index is 1.48. The number of carbonyl (C=O) groups excluding carboxylic acids is 3. The second-order valence-electron chi connectivity index (χ2n) is 6.86. The number of benzene rings is 1. The van der Waals surface area contributed by atoms with Gasteiger partial charge >= 0.3 is 0 Å². The quantitative estimate of drug-likeness (QED) is 0.522. The van der Waals surface area contributed by atoms with Gasteiger partial charge in [-0.1, -0.05) is 37.9 Å². The molecule has 8 heteroatoms. The number of anilines is 1. The smallest absolute Gasteiger partial charge is 0.244 e. The fourth-order valence-corrected chi connectivity index (χ4v) is 6.37. The molecule has 4 rings (SSSR count). The number of imide groups is 1. The van der Waals surface area contributed by atoms with Crippen LogP contribution in [0.1, 0.15) is 6.42 Å². The largest absolute Gasteiger partial charge is 0.508 e. The Morgan fingerprint density at radius 3 is 2.32 bits per heavy atom. The third-order valence-electron chi connectivity index (χ3n) is 5.51. The molecule has 2 N–H and O–H groups in total. The van der Waals surface area contributed by atoms with Crippen molar-refractivity contribution < 1.29 is 19.5 Å². The monoisotopic (exact) mass is 470 g/mol. The molecule has 132 valence electrons. The minimum Gasteiger partial charge on any atom is -0.508 e. The maximum Gasteiger partial charge on any atom is 0.244 e. The van der Waals surface area contributed by atoms with Crippen LogP contribution >= 0.6 is 31.9 Å². The molecule has 3 aliphatic rings. The van der Waals surface area contributed by atoms with Gasteiger partial charge in [0.2, 0.25) is 17.7 Å². The van der Waals surface area contributed by atoms with Crippen LogP contribution in [0.3, 0.4) is 0 Å². The summed E-state index contributed by atoms with van der Waals surface area (Å²) in [4.78, 5) is 39.2. The molecular weight excluding hydrogens is 456 g/mol. The average molecular weight is 472 g/mol. The van der Waals surface area contributed by atoms with Gasteiger partial charge in [-0.25, -0.2) is 0 Å². The van der Waals surface area contributed by atoms with E-state index < -0.39 is 5.91 Å². The number of nitrogens with zero attached hydrogens (tertiary/aromatic N) is 1. The lowest BCUT2D eigenvalue weighted by Crippen LogP contribution is -2.39. The fourth-order valence-electron chi connectivity index (χ4n) is 4.49. The van der Waals surface area contributed by atoms with E-state index in [9.17, 15) is 19.5 Å². The van der Waals surface area contributed by atoms with Crippen LogP contribution in [-0.4, -0.2) is 43.9 Å². The van der Waals surface area contributed by atoms with Crippen LogP contribution in [0.4, 0.5) is 5.69 Å². The molecule has 2 aliphatic carbocycles. The van der Waals surface area contributed by atoms with Crippen LogP contribution in [0, 0.1) is 23.7 Å². The molecule has 3 fully saturated rings. The molecule has 0 radical (unpaired) electrons. The molecule has 1 saturated heterocycles. The molecule has 25 heavy (non-hydrogen) atoms. The summed E-state index contributed by atoms with van der Waals surface area (Å²) in [6.45, 7) is -0.292. The van der Waals surface area contributed by atoms with E-state index in [4.69, 9.17) is 0 Å². The van der Waals surface area contributed by atoms with Gasteiger partial charge in [0, 0.05) is 21.4 Å². The summed E-state index contributed by atoms with van der Waals surface area (Å²) in [6.07, 6.45) is 0.863. The first-order valence-electron chi connectivity index (χ1n) is 8.10. The van der Waals surface area contributed by atoms with Crippen LogP contribution in [0.2, 0.25) is 0 Å². The molecule has 0 spiro atoms. The van der Waals surface area contributed by atoms with E-state index in [2.05, 4.69) is 37.2 Å². The molecular formula is C17H16Br2N2O4. The highest BCUT2D eigenvalue weighted by Gasteiger charge is 2.66. The molecule has 6 atom stereocenters. The van der Waals surface area contributed by atoms with Gasteiger partial charge in [0.1, 0.15) is 12.3 Å². The molecule has 1 aliphatic heterocycles. The number of rotatable bonds is 3. The van der Waals surface area contributed by atoms with Crippen LogP contribution in [0.5, 0.6) is 5.75 Å². The van der Waals surface area contributed by atoms with Crippen LogP contribution in [-0.2, 0) is 14.4 Å². The number of amides is 3. The SMILES string of the molecule is O=C(CN1C(=O)[C@@H]2[C@H]3C[C@@H]([C@H](Br)[C@H]3Br)[C@@H]2C1=O)Nc1cccc(O)c1. The standard InChI is InChI=1S/C17H16Br2N2O4/c18-14-9-5-10(15(14)19)13-12(9)16(24)21(17(13)25)6-11(23)20-7-2-1-3-8(22)4-7/h1-4,9-10,12-15,22H,5-6H2,(H,20,23)/t9-,10-,12-,13+,14+,15+/m1/s1.